The maximum atomic E-state index is 8.66. The zero-order valence-electron chi connectivity index (χ0n) is 16.4. The molecule has 0 unspecified atom stereocenters. The van der Waals surface area contributed by atoms with Crippen molar-refractivity contribution in [3.8, 4) is 0 Å². The van der Waals surface area contributed by atoms with Gasteiger partial charge in [-0.15, -0.1) is 0 Å². The van der Waals surface area contributed by atoms with Gasteiger partial charge in [-0.25, -0.2) is 0 Å². The molecule has 0 bridgehead atoms. The van der Waals surface area contributed by atoms with Crippen molar-refractivity contribution in [2.24, 2.45) is 5.92 Å². The third-order valence-corrected chi connectivity index (χ3v) is 6.06. The molecule has 0 aromatic rings. The summed E-state index contributed by atoms with van der Waals surface area (Å²) in [6.07, 6.45) is 17.6. The highest BCUT2D eigenvalue weighted by Gasteiger charge is 2.35. The van der Waals surface area contributed by atoms with Crippen LogP contribution >= 0.6 is 0 Å². The third-order valence-electron chi connectivity index (χ3n) is 6.06. The molecular weight excluding hydrogens is 294 g/mol. The number of unbranched alkanes of at least 4 members (excludes halogenated alkanes) is 5. The lowest BCUT2D eigenvalue weighted by atomic mass is 9.84. The molecule has 0 spiro atoms. The summed E-state index contributed by atoms with van der Waals surface area (Å²) in [4.78, 5) is 4.83. The van der Waals surface area contributed by atoms with Crippen molar-refractivity contribution in [3.05, 3.63) is 0 Å². The number of hydrogen-bond acceptors (Lipinski definition) is 1. The minimum atomic E-state index is 0.614. The first kappa shape index (κ1) is 19.6. The molecule has 3 nitrogen and oxygen atoms in total. The topological polar surface area (TPSA) is 30.3 Å². The Morgan fingerprint density at radius 1 is 0.875 bits per heavy atom. The van der Waals surface area contributed by atoms with Crippen LogP contribution in [-0.2, 0) is 0 Å². The smallest absolute Gasteiger partial charge is 0.194 e. The van der Waals surface area contributed by atoms with Crippen LogP contribution in [-0.4, -0.2) is 41.4 Å². The van der Waals surface area contributed by atoms with Gasteiger partial charge in [-0.05, 0) is 25.2 Å². The van der Waals surface area contributed by atoms with Crippen LogP contribution in [0.15, 0.2) is 0 Å². The van der Waals surface area contributed by atoms with E-state index in [2.05, 4.69) is 23.6 Å². The Morgan fingerprint density at radius 3 is 2.29 bits per heavy atom. The van der Waals surface area contributed by atoms with E-state index in [1.165, 1.54) is 83.5 Å². The fourth-order valence-electron chi connectivity index (χ4n) is 4.52. The number of rotatable bonds is 11. The molecule has 1 heterocycles. The molecule has 2 aliphatic rings. The Kier molecular flexibility index (Phi) is 8.98. The van der Waals surface area contributed by atoms with E-state index < -0.39 is 0 Å². The van der Waals surface area contributed by atoms with Gasteiger partial charge in [0, 0.05) is 25.7 Å². The molecule has 2 rings (SSSR count). The minimum Gasteiger partial charge on any atom is -0.341 e. The number of nitrogens with one attached hydrogen (secondary N) is 1. The van der Waals surface area contributed by atoms with Gasteiger partial charge >= 0.3 is 0 Å². The van der Waals surface area contributed by atoms with Crippen LogP contribution in [0.25, 0.3) is 0 Å². The molecule has 140 valence electrons. The third kappa shape index (κ3) is 5.97. The van der Waals surface area contributed by atoms with Crippen LogP contribution < -0.4 is 0 Å². The molecule has 0 aromatic carbocycles. The quantitative estimate of drug-likeness (QED) is 0.495. The summed E-state index contributed by atoms with van der Waals surface area (Å²) in [5, 5.41) is 8.66. The highest BCUT2D eigenvalue weighted by molar-refractivity contribution is 5.79. The monoisotopic (exact) mass is 335 g/mol. The summed E-state index contributed by atoms with van der Waals surface area (Å²) in [6, 6.07) is 0.614. The second-order valence-electron chi connectivity index (χ2n) is 8.12. The van der Waals surface area contributed by atoms with E-state index in [1.807, 2.05) is 0 Å². The van der Waals surface area contributed by atoms with Gasteiger partial charge in [0.25, 0.3) is 0 Å². The van der Waals surface area contributed by atoms with E-state index in [4.69, 9.17) is 5.41 Å². The predicted octanol–water partition coefficient (Wildman–Crippen LogP) is 5.65. The Balaban J connectivity index is 1.85. The number of hydrogen-bond donors (Lipinski definition) is 1. The molecule has 0 amide bonds. The van der Waals surface area contributed by atoms with Gasteiger partial charge in [-0.2, -0.15) is 0 Å². The first-order valence-corrected chi connectivity index (χ1v) is 10.9. The van der Waals surface area contributed by atoms with Gasteiger partial charge in [0.2, 0.25) is 0 Å². The van der Waals surface area contributed by atoms with Crippen molar-refractivity contribution < 1.29 is 0 Å². The van der Waals surface area contributed by atoms with Gasteiger partial charge in [-0.3, -0.25) is 5.41 Å². The van der Waals surface area contributed by atoms with E-state index in [1.54, 1.807) is 0 Å². The normalized spacial score (nSPS) is 22.6. The average Bonchev–Trinajstić information content (AvgIpc) is 2.89. The van der Waals surface area contributed by atoms with E-state index in [9.17, 15) is 0 Å². The molecule has 1 aliphatic heterocycles. The average molecular weight is 336 g/mol. The summed E-state index contributed by atoms with van der Waals surface area (Å²) in [6.45, 7) is 7.85. The van der Waals surface area contributed by atoms with Crippen LogP contribution in [0, 0.1) is 11.3 Å². The summed E-state index contributed by atoms with van der Waals surface area (Å²) < 4.78 is 0. The van der Waals surface area contributed by atoms with Gasteiger partial charge < -0.3 is 9.80 Å². The Bertz CT molecular complexity index is 349. The van der Waals surface area contributed by atoms with Crippen molar-refractivity contribution in [3.63, 3.8) is 0 Å². The van der Waals surface area contributed by atoms with Crippen molar-refractivity contribution >= 4 is 5.96 Å². The molecule has 1 N–H and O–H groups in total. The molecule has 0 radical (unpaired) electrons. The van der Waals surface area contributed by atoms with Crippen molar-refractivity contribution in [2.75, 3.05) is 19.6 Å². The summed E-state index contributed by atoms with van der Waals surface area (Å²) in [7, 11) is 0. The van der Waals surface area contributed by atoms with Crippen LogP contribution in [0.2, 0.25) is 0 Å². The molecule has 1 saturated heterocycles. The van der Waals surface area contributed by atoms with Gasteiger partial charge in [0.15, 0.2) is 5.96 Å². The highest BCUT2D eigenvalue weighted by atomic mass is 15.4. The Morgan fingerprint density at radius 2 is 1.58 bits per heavy atom. The molecule has 0 aromatic heterocycles. The fourth-order valence-corrected chi connectivity index (χ4v) is 4.52. The fraction of sp³-hybridized carbons (Fsp3) is 0.952. The van der Waals surface area contributed by atoms with Crippen LogP contribution in [0.1, 0.15) is 97.3 Å². The van der Waals surface area contributed by atoms with E-state index in [-0.39, 0.29) is 0 Å². The lowest BCUT2D eigenvalue weighted by molar-refractivity contribution is 0.241. The van der Waals surface area contributed by atoms with Crippen LogP contribution in [0.4, 0.5) is 0 Å². The van der Waals surface area contributed by atoms with Gasteiger partial charge in [-0.1, -0.05) is 78.1 Å². The summed E-state index contributed by atoms with van der Waals surface area (Å²) in [5.41, 5.74) is 0. The predicted molar refractivity (Wildman–Crippen MR) is 105 cm³/mol. The Labute approximate surface area is 150 Å². The lowest BCUT2D eigenvalue weighted by Crippen LogP contribution is -2.37. The largest absolute Gasteiger partial charge is 0.341 e. The molecule has 1 aliphatic carbocycles. The molecule has 3 heteroatoms. The maximum absolute atomic E-state index is 8.66. The minimum absolute atomic E-state index is 0.614. The lowest BCUT2D eigenvalue weighted by Gasteiger charge is -2.30. The zero-order chi connectivity index (χ0) is 17.2. The van der Waals surface area contributed by atoms with Crippen molar-refractivity contribution in [1.29, 1.82) is 5.41 Å². The second kappa shape index (κ2) is 11.0. The second-order valence-corrected chi connectivity index (χ2v) is 8.12. The van der Waals surface area contributed by atoms with Gasteiger partial charge in [0.05, 0.1) is 0 Å². The first-order valence-electron chi connectivity index (χ1n) is 10.9. The zero-order valence-corrected chi connectivity index (χ0v) is 16.4. The van der Waals surface area contributed by atoms with E-state index >= 15 is 0 Å². The number of guanidine groups is 1. The Hall–Kier alpha value is -0.730. The van der Waals surface area contributed by atoms with E-state index in [0.717, 1.165) is 31.5 Å². The van der Waals surface area contributed by atoms with Crippen molar-refractivity contribution in [1.82, 2.24) is 9.80 Å². The summed E-state index contributed by atoms with van der Waals surface area (Å²) in [5.74, 6) is 1.75. The molecule has 1 saturated carbocycles. The highest BCUT2D eigenvalue weighted by Crippen LogP contribution is 2.31. The van der Waals surface area contributed by atoms with E-state index in [0.29, 0.717) is 6.04 Å². The summed E-state index contributed by atoms with van der Waals surface area (Å²) >= 11 is 0. The maximum Gasteiger partial charge on any atom is 0.194 e. The molecule has 2 fully saturated rings. The standard InChI is InChI=1S/C21H41N3/c1-3-5-7-8-12-16-24-20(17-19-13-10-9-11-14-19)18-23(21(24)22)15-6-4-2/h19-20,22H,3-18H2,1-2H3/t20-/m0/s1. The number of nitrogens with zero attached hydrogens (tertiary/aromatic N) is 2. The molecular formula is C21H41N3. The van der Waals surface area contributed by atoms with Gasteiger partial charge in [0.1, 0.15) is 0 Å². The molecule has 24 heavy (non-hydrogen) atoms. The molecule has 1 atom stereocenters. The van der Waals surface area contributed by atoms with Crippen molar-refractivity contribution in [2.45, 2.75) is 103 Å². The van der Waals surface area contributed by atoms with Crippen LogP contribution in [0.5, 0.6) is 0 Å². The SMILES string of the molecule is CCCCCCCN1C(=N)N(CCCC)C[C@@H]1CC1CCCCC1. The first-order chi connectivity index (χ1) is 11.8. The van der Waals surface area contributed by atoms with Crippen LogP contribution in [0.3, 0.4) is 0 Å².